The number of ether oxygens (including phenoxy) is 2. The van der Waals surface area contributed by atoms with E-state index in [-0.39, 0.29) is 29.5 Å². The Morgan fingerprint density at radius 3 is 2.52 bits per heavy atom. The number of methoxy groups -OCH3 is 2. The third kappa shape index (κ3) is 6.55. The van der Waals surface area contributed by atoms with Crippen LogP contribution < -0.4 is 20.5 Å². The van der Waals surface area contributed by atoms with Crippen molar-refractivity contribution in [3.63, 3.8) is 0 Å². The summed E-state index contributed by atoms with van der Waals surface area (Å²) in [5, 5.41) is 3.27. The highest BCUT2D eigenvalue weighted by Gasteiger charge is 2.39. The minimum absolute atomic E-state index is 0. The first-order valence-corrected chi connectivity index (χ1v) is 11.4. The number of nitrogens with two attached hydrogens (primary N) is 1. The molecule has 1 aliphatic heterocycles. The van der Waals surface area contributed by atoms with Crippen molar-refractivity contribution in [1.29, 1.82) is 0 Å². The molecule has 164 valence electrons. The second-order valence-electron chi connectivity index (χ2n) is 7.60. The van der Waals surface area contributed by atoms with Gasteiger partial charge in [-0.3, -0.25) is 9.89 Å². The van der Waals surface area contributed by atoms with Crippen molar-refractivity contribution in [2.75, 3.05) is 51.9 Å². The highest BCUT2D eigenvalue weighted by molar-refractivity contribution is 14.0. The van der Waals surface area contributed by atoms with E-state index in [4.69, 9.17) is 20.2 Å². The first kappa shape index (κ1) is 24.4. The van der Waals surface area contributed by atoms with Crippen LogP contribution in [0.4, 0.5) is 0 Å². The van der Waals surface area contributed by atoms with Gasteiger partial charge < -0.3 is 20.5 Å². The molecule has 29 heavy (non-hydrogen) atoms. The van der Waals surface area contributed by atoms with Crippen molar-refractivity contribution < 1.29 is 9.47 Å². The third-order valence-electron chi connectivity index (χ3n) is 5.93. The molecule has 3 rings (SSSR count). The molecule has 0 unspecified atom stereocenters. The molecule has 6 nitrogen and oxygen atoms in total. The quantitative estimate of drug-likeness (QED) is 0.304. The summed E-state index contributed by atoms with van der Waals surface area (Å²) in [5.41, 5.74) is 7.59. The van der Waals surface area contributed by atoms with Crippen LogP contribution in [0.15, 0.2) is 23.2 Å². The Morgan fingerprint density at radius 2 is 1.86 bits per heavy atom. The zero-order valence-corrected chi connectivity index (χ0v) is 20.8. The molecule has 0 amide bonds. The SMILES string of the molecule is COc1ccc(CCNC(N)=NCC2(N3CCSCC3)CCCC2)cc1OC.I. The van der Waals surface area contributed by atoms with Gasteiger partial charge in [-0.25, -0.2) is 0 Å². The van der Waals surface area contributed by atoms with E-state index < -0.39 is 0 Å². The maximum atomic E-state index is 6.18. The fourth-order valence-electron chi connectivity index (χ4n) is 4.30. The standard InChI is InChI=1S/C21H34N4O2S.HI/c1-26-18-6-5-17(15-19(18)27-2)7-10-23-20(22)24-16-21(8-3-4-9-21)25-11-13-28-14-12-25;/h5-6,15H,3-4,7-14,16H2,1-2H3,(H3,22,23,24);1H. The zero-order chi connectivity index (χ0) is 19.8. The molecule has 0 spiro atoms. The van der Waals surface area contributed by atoms with Crippen LogP contribution in [0, 0.1) is 0 Å². The molecule has 3 N–H and O–H groups in total. The molecule has 0 radical (unpaired) electrons. The average Bonchev–Trinajstić information content (AvgIpc) is 3.23. The van der Waals surface area contributed by atoms with Gasteiger partial charge in [-0.05, 0) is 37.0 Å². The number of nitrogens with zero attached hydrogens (tertiary/aromatic N) is 2. The second-order valence-corrected chi connectivity index (χ2v) is 8.82. The Morgan fingerprint density at radius 1 is 1.17 bits per heavy atom. The Hall–Kier alpha value is -0.870. The molecule has 2 aliphatic rings. The van der Waals surface area contributed by atoms with Crippen molar-refractivity contribution in [3.8, 4) is 11.5 Å². The fraction of sp³-hybridized carbons (Fsp3) is 0.667. The fourth-order valence-corrected chi connectivity index (χ4v) is 5.21. The summed E-state index contributed by atoms with van der Waals surface area (Å²) in [5.74, 6) is 4.54. The molecule has 1 saturated heterocycles. The van der Waals surface area contributed by atoms with Crippen LogP contribution in [-0.2, 0) is 6.42 Å². The van der Waals surface area contributed by atoms with Crippen LogP contribution in [0.3, 0.4) is 0 Å². The number of benzene rings is 1. The third-order valence-corrected chi connectivity index (χ3v) is 6.87. The van der Waals surface area contributed by atoms with Gasteiger partial charge in [-0.15, -0.1) is 24.0 Å². The number of thioether (sulfide) groups is 1. The minimum atomic E-state index is 0. The molecule has 0 bridgehead atoms. The number of hydrogen-bond donors (Lipinski definition) is 2. The summed E-state index contributed by atoms with van der Waals surface area (Å²) in [7, 11) is 3.31. The van der Waals surface area contributed by atoms with Crippen LogP contribution in [0.2, 0.25) is 0 Å². The summed E-state index contributed by atoms with van der Waals surface area (Å²) < 4.78 is 10.7. The van der Waals surface area contributed by atoms with Gasteiger partial charge in [0.2, 0.25) is 0 Å². The number of rotatable bonds is 8. The minimum Gasteiger partial charge on any atom is -0.493 e. The lowest BCUT2D eigenvalue weighted by atomic mass is 9.95. The smallest absolute Gasteiger partial charge is 0.188 e. The Balaban J connectivity index is 0.00000300. The Labute approximate surface area is 196 Å². The van der Waals surface area contributed by atoms with E-state index in [0.717, 1.165) is 31.0 Å². The van der Waals surface area contributed by atoms with Crippen molar-refractivity contribution in [2.45, 2.75) is 37.6 Å². The van der Waals surface area contributed by atoms with E-state index in [0.29, 0.717) is 5.96 Å². The Kier molecular flexibility index (Phi) is 10.2. The van der Waals surface area contributed by atoms with E-state index in [2.05, 4.69) is 28.0 Å². The lowest BCUT2D eigenvalue weighted by Crippen LogP contribution is -2.53. The maximum Gasteiger partial charge on any atom is 0.188 e. The van der Waals surface area contributed by atoms with Crippen LogP contribution in [0.1, 0.15) is 31.2 Å². The molecule has 1 aromatic carbocycles. The van der Waals surface area contributed by atoms with Crippen molar-refractivity contribution in [2.24, 2.45) is 10.7 Å². The van der Waals surface area contributed by atoms with Crippen molar-refractivity contribution >= 4 is 41.7 Å². The number of nitrogens with one attached hydrogen (secondary N) is 1. The molecule has 1 saturated carbocycles. The van der Waals surface area contributed by atoms with Gasteiger partial charge >= 0.3 is 0 Å². The van der Waals surface area contributed by atoms with Gasteiger partial charge in [-0.1, -0.05) is 18.9 Å². The molecule has 1 aliphatic carbocycles. The topological polar surface area (TPSA) is 72.1 Å². The van der Waals surface area contributed by atoms with Gasteiger partial charge in [0.05, 0.1) is 20.8 Å². The molecular formula is C21H35IN4O2S. The summed E-state index contributed by atoms with van der Waals surface area (Å²) in [4.78, 5) is 7.41. The molecule has 0 aromatic heterocycles. The van der Waals surface area contributed by atoms with Gasteiger partial charge in [0, 0.05) is 36.7 Å². The lowest BCUT2D eigenvalue weighted by molar-refractivity contribution is 0.112. The van der Waals surface area contributed by atoms with E-state index in [1.807, 2.05) is 12.1 Å². The first-order chi connectivity index (χ1) is 13.7. The van der Waals surface area contributed by atoms with Gasteiger partial charge in [-0.2, -0.15) is 11.8 Å². The zero-order valence-electron chi connectivity index (χ0n) is 17.6. The highest BCUT2D eigenvalue weighted by atomic mass is 127. The van der Waals surface area contributed by atoms with E-state index in [1.54, 1.807) is 14.2 Å². The summed E-state index contributed by atoms with van der Waals surface area (Å²) >= 11 is 2.06. The predicted octanol–water partition coefficient (Wildman–Crippen LogP) is 3.13. The van der Waals surface area contributed by atoms with Crippen molar-refractivity contribution in [3.05, 3.63) is 23.8 Å². The highest BCUT2D eigenvalue weighted by Crippen LogP contribution is 2.37. The lowest BCUT2D eigenvalue weighted by Gasteiger charge is -2.42. The summed E-state index contributed by atoms with van der Waals surface area (Å²) in [6.45, 7) is 3.94. The van der Waals surface area contributed by atoms with E-state index >= 15 is 0 Å². The molecule has 2 fully saturated rings. The predicted molar refractivity (Wildman–Crippen MR) is 133 cm³/mol. The van der Waals surface area contributed by atoms with Crippen LogP contribution in [0.25, 0.3) is 0 Å². The maximum absolute atomic E-state index is 6.18. The van der Waals surface area contributed by atoms with Crippen LogP contribution in [0.5, 0.6) is 11.5 Å². The van der Waals surface area contributed by atoms with Gasteiger partial charge in [0.1, 0.15) is 0 Å². The number of hydrogen-bond acceptors (Lipinski definition) is 5. The normalized spacial score (nSPS) is 19.4. The van der Waals surface area contributed by atoms with Crippen LogP contribution in [-0.4, -0.2) is 68.3 Å². The molecule has 0 atom stereocenters. The summed E-state index contributed by atoms with van der Waals surface area (Å²) in [6.07, 6.45) is 5.98. The second kappa shape index (κ2) is 12.1. The van der Waals surface area contributed by atoms with Crippen LogP contribution >= 0.6 is 35.7 Å². The molecule has 8 heteroatoms. The van der Waals surface area contributed by atoms with Crippen molar-refractivity contribution in [1.82, 2.24) is 10.2 Å². The molecule has 1 heterocycles. The molecular weight excluding hydrogens is 499 g/mol. The molecule has 1 aromatic rings. The Bertz CT molecular complexity index is 662. The number of guanidine groups is 1. The largest absolute Gasteiger partial charge is 0.493 e. The van der Waals surface area contributed by atoms with E-state index in [9.17, 15) is 0 Å². The monoisotopic (exact) mass is 534 g/mol. The average molecular weight is 535 g/mol. The number of halogens is 1. The van der Waals surface area contributed by atoms with Gasteiger partial charge in [0.25, 0.3) is 0 Å². The number of aliphatic imine (C=N–C) groups is 1. The van der Waals surface area contributed by atoms with Gasteiger partial charge in [0.15, 0.2) is 17.5 Å². The summed E-state index contributed by atoms with van der Waals surface area (Å²) in [6, 6.07) is 6.00. The van der Waals surface area contributed by atoms with E-state index in [1.165, 1.54) is 55.8 Å². The first-order valence-electron chi connectivity index (χ1n) is 10.2.